The highest BCUT2D eigenvalue weighted by Crippen LogP contribution is 2.19. The second-order valence-corrected chi connectivity index (χ2v) is 3.52. The van der Waals surface area contributed by atoms with Gasteiger partial charge in [0.25, 0.3) is 0 Å². The third-order valence-corrected chi connectivity index (χ3v) is 2.50. The van der Waals surface area contributed by atoms with Crippen LogP contribution in [0.3, 0.4) is 0 Å². The molecule has 3 unspecified atom stereocenters. The number of aliphatic hydroxyl groups is 1. The van der Waals surface area contributed by atoms with Gasteiger partial charge in [-0.05, 0) is 26.2 Å². The van der Waals surface area contributed by atoms with Crippen molar-refractivity contribution in [3.63, 3.8) is 0 Å². The number of carbonyl (C=O) groups is 1. The average molecular weight is 187 g/mol. The molecule has 0 aromatic rings. The van der Waals surface area contributed by atoms with Crippen molar-refractivity contribution in [1.29, 1.82) is 0 Å². The minimum Gasteiger partial charge on any atom is -0.468 e. The Morgan fingerprint density at radius 1 is 1.62 bits per heavy atom. The van der Waals surface area contributed by atoms with Gasteiger partial charge >= 0.3 is 5.97 Å². The molecule has 0 aliphatic heterocycles. The van der Waals surface area contributed by atoms with E-state index >= 15 is 0 Å². The van der Waals surface area contributed by atoms with E-state index in [1.807, 2.05) is 0 Å². The molecule has 0 spiro atoms. The van der Waals surface area contributed by atoms with E-state index in [9.17, 15) is 9.90 Å². The molecular formula is C9H17NO3. The SMILES string of the molecule is COC(=O)C(C)NC1CCCC1O. The maximum absolute atomic E-state index is 11.0. The van der Waals surface area contributed by atoms with Crippen molar-refractivity contribution >= 4 is 5.97 Å². The number of carbonyl (C=O) groups excluding carboxylic acids is 1. The largest absolute Gasteiger partial charge is 0.468 e. The molecule has 1 saturated carbocycles. The number of rotatable bonds is 3. The quantitative estimate of drug-likeness (QED) is 0.613. The van der Waals surface area contributed by atoms with E-state index < -0.39 is 0 Å². The maximum atomic E-state index is 11.0. The number of ether oxygens (including phenoxy) is 1. The van der Waals surface area contributed by atoms with Gasteiger partial charge in [-0.1, -0.05) is 0 Å². The average Bonchev–Trinajstić information content (AvgIpc) is 2.50. The summed E-state index contributed by atoms with van der Waals surface area (Å²) in [5, 5.41) is 12.5. The Morgan fingerprint density at radius 2 is 2.31 bits per heavy atom. The number of hydrogen-bond donors (Lipinski definition) is 2. The summed E-state index contributed by atoms with van der Waals surface area (Å²) >= 11 is 0. The third-order valence-electron chi connectivity index (χ3n) is 2.50. The number of nitrogens with one attached hydrogen (secondary N) is 1. The summed E-state index contributed by atoms with van der Waals surface area (Å²) in [6.45, 7) is 1.75. The Bertz CT molecular complexity index is 184. The molecule has 0 heterocycles. The molecule has 0 bridgehead atoms. The van der Waals surface area contributed by atoms with E-state index in [0.29, 0.717) is 0 Å². The second-order valence-electron chi connectivity index (χ2n) is 3.52. The minimum absolute atomic E-state index is 0.0501. The van der Waals surface area contributed by atoms with Gasteiger partial charge in [0.1, 0.15) is 6.04 Å². The van der Waals surface area contributed by atoms with Crippen molar-refractivity contribution in [1.82, 2.24) is 5.32 Å². The molecule has 0 amide bonds. The molecule has 0 aromatic carbocycles. The van der Waals surface area contributed by atoms with E-state index in [1.54, 1.807) is 6.92 Å². The molecule has 0 radical (unpaired) electrons. The fraction of sp³-hybridized carbons (Fsp3) is 0.889. The fourth-order valence-corrected chi connectivity index (χ4v) is 1.70. The predicted octanol–water partition coefficient (Wildman–Crippen LogP) is 0.0509. The monoisotopic (exact) mass is 187 g/mol. The van der Waals surface area contributed by atoms with Gasteiger partial charge in [0.2, 0.25) is 0 Å². The summed E-state index contributed by atoms with van der Waals surface area (Å²) in [7, 11) is 1.37. The van der Waals surface area contributed by atoms with Gasteiger partial charge in [0.05, 0.1) is 13.2 Å². The van der Waals surface area contributed by atoms with Crippen molar-refractivity contribution in [2.45, 2.75) is 44.4 Å². The number of aliphatic hydroxyl groups excluding tert-OH is 1. The van der Waals surface area contributed by atoms with Crippen LogP contribution in [0.25, 0.3) is 0 Å². The minimum atomic E-state index is -0.331. The first-order chi connectivity index (χ1) is 6.15. The first-order valence-electron chi connectivity index (χ1n) is 4.67. The lowest BCUT2D eigenvalue weighted by Gasteiger charge is -2.20. The Kier molecular flexibility index (Phi) is 3.69. The molecule has 3 atom stereocenters. The van der Waals surface area contributed by atoms with Crippen LogP contribution in [0.1, 0.15) is 26.2 Å². The predicted molar refractivity (Wildman–Crippen MR) is 48.3 cm³/mol. The molecule has 76 valence electrons. The zero-order valence-electron chi connectivity index (χ0n) is 8.12. The summed E-state index contributed by atoms with van der Waals surface area (Å²) in [4.78, 5) is 11.0. The van der Waals surface area contributed by atoms with Crippen LogP contribution in [0.2, 0.25) is 0 Å². The summed E-state index contributed by atoms with van der Waals surface area (Å²) < 4.78 is 4.57. The lowest BCUT2D eigenvalue weighted by molar-refractivity contribution is -0.143. The molecule has 1 rings (SSSR count). The number of methoxy groups -OCH3 is 1. The van der Waals surface area contributed by atoms with Gasteiger partial charge in [0.15, 0.2) is 0 Å². The van der Waals surface area contributed by atoms with Gasteiger partial charge in [-0.3, -0.25) is 10.1 Å². The molecule has 1 fully saturated rings. The zero-order chi connectivity index (χ0) is 9.84. The highest BCUT2D eigenvalue weighted by atomic mass is 16.5. The standard InChI is InChI=1S/C9H17NO3/c1-6(9(12)13-2)10-7-4-3-5-8(7)11/h6-8,10-11H,3-5H2,1-2H3. The van der Waals surface area contributed by atoms with Gasteiger partial charge in [-0.2, -0.15) is 0 Å². The highest BCUT2D eigenvalue weighted by Gasteiger charge is 2.28. The second kappa shape index (κ2) is 4.58. The Morgan fingerprint density at radius 3 is 2.77 bits per heavy atom. The third kappa shape index (κ3) is 2.67. The van der Waals surface area contributed by atoms with Crippen molar-refractivity contribution in [3.05, 3.63) is 0 Å². The van der Waals surface area contributed by atoms with Crippen LogP contribution in [0.5, 0.6) is 0 Å². The lowest BCUT2D eigenvalue weighted by atomic mass is 10.2. The molecule has 1 aliphatic carbocycles. The van der Waals surface area contributed by atoms with E-state index in [4.69, 9.17) is 0 Å². The van der Waals surface area contributed by atoms with Crippen molar-refractivity contribution in [2.24, 2.45) is 0 Å². The van der Waals surface area contributed by atoms with Crippen LogP contribution in [0.15, 0.2) is 0 Å². The molecule has 2 N–H and O–H groups in total. The van der Waals surface area contributed by atoms with Crippen LogP contribution >= 0.6 is 0 Å². The molecule has 0 saturated heterocycles. The van der Waals surface area contributed by atoms with Gasteiger partial charge < -0.3 is 9.84 Å². The summed E-state index contributed by atoms with van der Waals surface area (Å²) in [6, 6.07) is -0.281. The van der Waals surface area contributed by atoms with Crippen LogP contribution < -0.4 is 5.32 Å². The van der Waals surface area contributed by atoms with E-state index in [2.05, 4.69) is 10.1 Å². The topological polar surface area (TPSA) is 58.6 Å². The summed E-state index contributed by atoms with van der Waals surface area (Å²) in [5.41, 5.74) is 0. The van der Waals surface area contributed by atoms with E-state index in [1.165, 1.54) is 7.11 Å². The van der Waals surface area contributed by atoms with Crippen LogP contribution in [0.4, 0.5) is 0 Å². The number of hydrogen-bond acceptors (Lipinski definition) is 4. The fourth-order valence-electron chi connectivity index (χ4n) is 1.70. The van der Waals surface area contributed by atoms with E-state index in [-0.39, 0.29) is 24.2 Å². The smallest absolute Gasteiger partial charge is 0.322 e. The first-order valence-corrected chi connectivity index (χ1v) is 4.67. The molecule has 1 aliphatic rings. The van der Waals surface area contributed by atoms with Gasteiger partial charge in [-0.25, -0.2) is 0 Å². The van der Waals surface area contributed by atoms with Crippen molar-refractivity contribution in [3.8, 4) is 0 Å². The Hall–Kier alpha value is -0.610. The van der Waals surface area contributed by atoms with Crippen LogP contribution in [-0.2, 0) is 9.53 Å². The molecule has 0 aromatic heterocycles. The zero-order valence-corrected chi connectivity index (χ0v) is 8.12. The molecule has 4 heteroatoms. The molecular weight excluding hydrogens is 170 g/mol. The Labute approximate surface area is 78.3 Å². The van der Waals surface area contributed by atoms with Gasteiger partial charge in [-0.15, -0.1) is 0 Å². The summed E-state index contributed by atoms with van der Waals surface area (Å²) in [6.07, 6.45) is 2.47. The Balaban J connectivity index is 2.34. The van der Waals surface area contributed by atoms with Crippen molar-refractivity contribution < 1.29 is 14.6 Å². The molecule has 4 nitrogen and oxygen atoms in total. The highest BCUT2D eigenvalue weighted by molar-refractivity contribution is 5.75. The van der Waals surface area contributed by atoms with Crippen LogP contribution in [-0.4, -0.2) is 36.4 Å². The molecule has 13 heavy (non-hydrogen) atoms. The van der Waals surface area contributed by atoms with Crippen LogP contribution in [0, 0.1) is 0 Å². The normalized spacial score (nSPS) is 30.1. The first kappa shape index (κ1) is 10.5. The summed E-state index contributed by atoms with van der Waals surface area (Å²) in [5.74, 6) is -0.279. The maximum Gasteiger partial charge on any atom is 0.322 e. The van der Waals surface area contributed by atoms with E-state index in [0.717, 1.165) is 19.3 Å². The van der Waals surface area contributed by atoms with Crippen molar-refractivity contribution in [2.75, 3.05) is 7.11 Å². The van der Waals surface area contributed by atoms with Gasteiger partial charge in [0, 0.05) is 6.04 Å². The number of esters is 1. The lowest BCUT2D eigenvalue weighted by Crippen LogP contribution is -2.45.